The number of ether oxygens (including phenoxy) is 1. The van der Waals surface area contributed by atoms with E-state index in [0.717, 1.165) is 11.1 Å². The van der Waals surface area contributed by atoms with Crippen LogP contribution in [-0.4, -0.2) is 11.9 Å². The van der Waals surface area contributed by atoms with Crippen molar-refractivity contribution in [2.75, 3.05) is 0 Å². The van der Waals surface area contributed by atoms with Crippen LogP contribution in [0.1, 0.15) is 36.5 Å². The lowest BCUT2D eigenvalue weighted by atomic mass is 10.0. The number of hydrogen-bond donors (Lipinski definition) is 0. The minimum absolute atomic E-state index is 0.328. The summed E-state index contributed by atoms with van der Waals surface area (Å²) in [7, 11) is 0. The molecule has 0 fully saturated rings. The van der Waals surface area contributed by atoms with Crippen molar-refractivity contribution in [2.24, 2.45) is 4.99 Å². The molecule has 110 valence electrons. The van der Waals surface area contributed by atoms with Crippen molar-refractivity contribution in [3.63, 3.8) is 0 Å². The third kappa shape index (κ3) is 2.98. The molecule has 0 atom stereocenters. The molecular formula is C19H17NO2. The summed E-state index contributed by atoms with van der Waals surface area (Å²) in [6, 6.07) is 17.6. The fraction of sp³-hybridized carbons (Fsp3) is 0.158. The van der Waals surface area contributed by atoms with Gasteiger partial charge in [0.05, 0.1) is 0 Å². The summed E-state index contributed by atoms with van der Waals surface area (Å²) in [5, 5.41) is 0. The molecule has 0 spiro atoms. The van der Waals surface area contributed by atoms with Gasteiger partial charge >= 0.3 is 5.97 Å². The Balaban J connectivity index is 1.88. The number of benzene rings is 2. The van der Waals surface area contributed by atoms with E-state index in [-0.39, 0.29) is 0 Å². The van der Waals surface area contributed by atoms with E-state index in [1.54, 1.807) is 6.08 Å². The summed E-state index contributed by atoms with van der Waals surface area (Å²) in [6.45, 7) is 4.28. The predicted molar refractivity (Wildman–Crippen MR) is 87.6 cm³/mol. The molecular weight excluding hydrogens is 274 g/mol. The zero-order chi connectivity index (χ0) is 15.5. The van der Waals surface area contributed by atoms with E-state index in [1.807, 2.05) is 54.6 Å². The molecule has 1 aliphatic heterocycles. The number of rotatable bonds is 3. The Bertz CT molecular complexity index is 741. The van der Waals surface area contributed by atoms with E-state index < -0.39 is 5.97 Å². The fourth-order valence-corrected chi connectivity index (χ4v) is 2.25. The second kappa shape index (κ2) is 5.98. The van der Waals surface area contributed by atoms with Gasteiger partial charge < -0.3 is 4.74 Å². The van der Waals surface area contributed by atoms with E-state index in [0.29, 0.717) is 17.5 Å². The lowest BCUT2D eigenvalue weighted by molar-refractivity contribution is -0.129. The summed E-state index contributed by atoms with van der Waals surface area (Å²) in [5.74, 6) is 0.421. The minimum atomic E-state index is -0.410. The zero-order valence-corrected chi connectivity index (χ0v) is 12.6. The Morgan fingerprint density at radius 2 is 1.68 bits per heavy atom. The normalized spacial score (nSPS) is 16.0. The van der Waals surface area contributed by atoms with Crippen LogP contribution < -0.4 is 0 Å². The smallest absolute Gasteiger partial charge is 0.363 e. The Kier molecular flexibility index (Phi) is 3.88. The van der Waals surface area contributed by atoms with Gasteiger partial charge in [0.15, 0.2) is 5.70 Å². The van der Waals surface area contributed by atoms with E-state index in [9.17, 15) is 4.79 Å². The summed E-state index contributed by atoms with van der Waals surface area (Å²) >= 11 is 0. The molecule has 0 saturated carbocycles. The first-order valence-electron chi connectivity index (χ1n) is 7.31. The van der Waals surface area contributed by atoms with Crippen LogP contribution in [0.4, 0.5) is 0 Å². The molecule has 3 nitrogen and oxygen atoms in total. The summed E-state index contributed by atoms with van der Waals surface area (Å²) in [6.07, 6.45) is 1.73. The summed E-state index contributed by atoms with van der Waals surface area (Å²) in [5.41, 5.74) is 3.31. The zero-order valence-electron chi connectivity index (χ0n) is 12.6. The van der Waals surface area contributed by atoms with Crippen LogP contribution in [0.5, 0.6) is 0 Å². The highest BCUT2D eigenvalue weighted by molar-refractivity contribution is 6.12. The van der Waals surface area contributed by atoms with Crippen molar-refractivity contribution >= 4 is 17.9 Å². The van der Waals surface area contributed by atoms with Gasteiger partial charge in [-0.15, -0.1) is 0 Å². The number of hydrogen-bond acceptors (Lipinski definition) is 3. The Labute approximate surface area is 130 Å². The maximum atomic E-state index is 11.9. The molecule has 0 bridgehead atoms. The van der Waals surface area contributed by atoms with E-state index in [4.69, 9.17) is 4.74 Å². The number of carbonyl (C=O) groups excluding carboxylic acids is 1. The second-order valence-corrected chi connectivity index (χ2v) is 5.52. The average Bonchev–Trinajstić information content (AvgIpc) is 2.89. The van der Waals surface area contributed by atoms with Crippen molar-refractivity contribution in [1.29, 1.82) is 0 Å². The quantitative estimate of drug-likeness (QED) is 0.629. The molecule has 0 unspecified atom stereocenters. The monoisotopic (exact) mass is 291 g/mol. The van der Waals surface area contributed by atoms with Gasteiger partial charge in [-0.1, -0.05) is 56.3 Å². The number of cyclic esters (lactones) is 1. The molecule has 2 aromatic rings. The van der Waals surface area contributed by atoms with Crippen molar-refractivity contribution in [1.82, 2.24) is 0 Å². The molecule has 2 aromatic carbocycles. The molecule has 0 aromatic heterocycles. The Hall–Kier alpha value is -2.68. The molecule has 22 heavy (non-hydrogen) atoms. The fourth-order valence-electron chi connectivity index (χ4n) is 2.25. The van der Waals surface area contributed by atoms with Crippen LogP contribution >= 0.6 is 0 Å². The maximum Gasteiger partial charge on any atom is 0.363 e. The van der Waals surface area contributed by atoms with Crippen LogP contribution in [0.25, 0.3) is 6.08 Å². The predicted octanol–water partition coefficient (Wildman–Crippen LogP) is 4.15. The SMILES string of the molecule is CC(C)c1ccc(C2=N/C(=C\c3ccccc3)C(=O)O2)cc1. The molecule has 3 heteroatoms. The van der Waals surface area contributed by atoms with Crippen molar-refractivity contribution in [3.8, 4) is 0 Å². The van der Waals surface area contributed by atoms with E-state index in [1.165, 1.54) is 5.56 Å². The van der Waals surface area contributed by atoms with Crippen LogP contribution in [0.3, 0.4) is 0 Å². The highest BCUT2D eigenvalue weighted by atomic mass is 16.6. The van der Waals surface area contributed by atoms with Gasteiger partial charge in [-0.2, -0.15) is 0 Å². The van der Waals surface area contributed by atoms with Crippen molar-refractivity contribution < 1.29 is 9.53 Å². The first-order valence-corrected chi connectivity index (χ1v) is 7.31. The number of carbonyl (C=O) groups is 1. The van der Waals surface area contributed by atoms with Gasteiger partial charge in [-0.05, 0) is 35.3 Å². The van der Waals surface area contributed by atoms with Crippen molar-refractivity contribution in [3.05, 3.63) is 77.0 Å². The van der Waals surface area contributed by atoms with Crippen molar-refractivity contribution in [2.45, 2.75) is 19.8 Å². The summed E-state index contributed by atoms with van der Waals surface area (Å²) in [4.78, 5) is 16.2. The first kappa shape index (κ1) is 14.3. The molecule has 1 aliphatic rings. The van der Waals surface area contributed by atoms with Crippen LogP contribution in [0, 0.1) is 0 Å². The van der Waals surface area contributed by atoms with Gasteiger partial charge in [0.1, 0.15) is 0 Å². The molecule has 0 radical (unpaired) electrons. The third-order valence-electron chi connectivity index (χ3n) is 3.55. The molecule has 1 heterocycles. The highest BCUT2D eigenvalue weighted by Crippen LogP contribution is 2.21. The van der Waals surface area contributed by atoms with Gasteiger partial charge in [0.2, 0.25) is 5.90 Å². The molecule has 0 saturated heterocycles. The van der Waals surface area contributed by atoms with Crippen LogP contribution in [0.2, 0.25) is 0 Å². The topological polar surface area (TPSA) is 38.7 Å². The summed E-state index contributed by atoms with van der Waals surface area (Å²) < 4.78 is 5.28. The number of nitrogens with zero attached hydrogens (tertiary/aromatic N) is 1. The lowest BCUT2D eigenvalue weighted by Crippen LogP contribution is -2.05. The highest BCUT2D eigenvalue weighted by Gasteiger charge is 2.24. The van der Waals surface area contributed by atoms with Crippen LogP contribution in [0.15, 0.2) is 65.3 Å². The van der Waals surface area contributed by atoms with Crippen LogP contribution in [-0.2, 0) is 9.53 Å². The van der Waals surface area contributed by atoms with E-state index >= 15 is 0 Å². The van der Waals surface area contributed by atoms with Gasteiger partial charge in [-0.3, -0.25) is 0 Å². The number of aliphatic imine (C=N–C) groups is 1. The van der Waals surface area contributed by atoms with Gasteiger partial charge in [0, 0.05) is 5.56 Å². The van der Waals surface area contributed by atoms with Gasteiger partial charge in [-0.25, -0.2) is 9.79 Å². The first-order chi connectivity index (χ1) is 10.6. The van der Waals surface area contributed by atoms with Gasteiger partial charge in [0.25, 0.3) is 0 Å². The average molecular weight is 291 g/mol. The maximum absolute atomic E-state index is 11.9. The largest absolute Gasteiger partial charge is 0.402 e. The molecule has 0 amide bonds. The number of esters is 1. The minimum Gasteiger partial charge on any atom is -0.402 e. The molecule has 0 N–H and O–H groups in total. The van der Waals surface area contributed by atoms with E-state index in [2.05, 4.69) is 18.8 Å². The standard InChI is InChI=1S/C19H17NO2/c1-13(2)15-8-10-16(11-9-15)18-20-17(19(21)22-18)12-14-6-4-3-5-7-14/h3-13H,1-2H3/b17-12-. The second-order valence-electron chi connectivity index (χ2n) is 5.52. The lowest BCUT2D eigenvalue weighted by Gasteiger charge is -2.05. The third-order valence-corrected chi connectivity index (χ3v) is 3.55. The Morgan fingerprint density at radius 3 is 2.32 bits per heavy atom. The Morgan fingerprint density at radius 1 is 1.00 bits per heavy atom. The molecule has 3 rings (SSSR count). The molecule has 0 aliphatic carbocycles.